The van der Waals surface area contributed by atoms with E-state index in [1.54, 1.807) is 0 Å². The van der Waals surface area contributed by atoms with Crippen molar-refractivity contribution >= 4 is 81.3 Å². The molecule has 1 aliphatic rings. The molecule has 0 fully saturated rings. The molecule has 0 N–H and O–H groups in total. The second-order valence-electron chi connectivity index (χ2n) is 14.8. The van der Waals surface area contributed by atoms with Crippen LogP contribution in [0, 0.1) is 0 Å². The van der Waals surface area contributed by atoms with Gasteiger partial charge in [-0.2, -0.15) is 0 Å². The molecule has 3 heteroatoms. The molecule has 2 aromatic heterocycles. The quantitative estimate of drug-likeness (QED) is 0.175. The van der Waals surface area contributed by atoms with Gasteiger partial charge in [-0.3, -0.25) is 0 Å². The van der Waals surface area contributed by atoms with Crippen molar-refractivity contribution in [3.63, 3.8) is 0 Å². The van der Waals surface area contributed by atoms with E-state index in [0.29, 0.717) is 0 Å². The third-order valence-electron chi connectivity index (χ3n) is 11.9. The van der Waals surface area contributed by atoms with E-state index < -0.39 is 5.41 Å². The molecule has 9 aromatic carbocycles. The van der Waals surface area contributed by atoms with Crippen LogP contribution in [0.5, 0.6) is 0 Å². The maximum absolute atomic E-state index is 6.41. The average molecular weight is 732 g/mol. The molecule has 1 aliphatic carbocycles. The van der Waals surface area contributed by atoms with E-state index in [4.69, 9.17) is 4.42 Å². The number of anilines is 3. The van der Waals surface area contributed by atoms with Crippen molar-refractivity contribution in [2.75, 3.05) is 4.90 Å². The molecule has 12 rings (SSSR count). The lowest BCUT2D eigenvalue weighted by Crippen LogP contribution is -2.28. The number of hydrogen-bond donors (Lipinski definition) is 0. The average Bonchev–Trinajstić information content (AvgIpc) is 3.93. The minimum atomic E-state index is -0.491. The topological polar surface area (TPSA) is 16.4 Å². The Bertz CT molecular complexity index is 3320. The summed E-state index contributed by atoms with van der Waals surface area (Å²) in [6, 6.07) is 73.3. The van der Waals surface area contributed by atoms with Gasteiger partial charge in [0.05, 0.1) is 15.8 Å². The van der Waals surface area contributed by atoms with Gasteiger partial charge in [-0.05, 0) is 92.7 Å². The maximum atomic E-state index is 6.41. The number of nitrogens with zero attached hydrogens (tertiary/aromatic N) is 1. The fourth-order valence-electron chi connectivity index (χ4n) is 9.58. The van der Waals surface area contributed by atoms with Gasteiger partial charge in [0.1, 0.15) is 11.2 Å². The SMILES string of the molecule is c1ccc(N(c2ccc3c(c2)oc2ccccc23)c2cccc3c2sc2ccc(C4(c5ccccc5)c5ccccc5-c5c4ccc4ccccc54)cc23)cc1. The smallest absolute Gasteiger partial charge is 0.137 e. The zero-order chi connectivity index (χ0) is 36.8. The van der Waals surface area contributed by atoms with Crippen LogP contribution in [0.15, 0.2) is 205 Å². The highest BCUT2D eigenvalue weighted by molar-refractivity contribution is 7.26. The van der Waals surface area contributed by atoms with Crippen molar-refractivity contribution in [1.29, 1.82) is 0 Å². The standard InChI is InChI=1S/C53H33NOS/c1-3-15-35(16-4-1)53(45-23-11-9-21-43(45)51-39-19-8-7-14-34(39)26-30-46(51)53)36-27-31-50-44(32-36)42-22-13-24-47(52(42)56-50)54(37-17-5-2-6-18-37)38-28-29-41-40-20-10-12-25-48(40)55-49(41)33-38/h1-33H. The summed E-state index contributed by atoms with van der Waals surface area (Å²) in [4.78, 5) is 2.38. The van der Waals surface area contributed by atoms with Gasteiger partial charge in [0.15, 0.2) is 0 Å². The number of benzene rings is 9. The molecule has 0 saturated carbocycles. The molecule has 2 nitrogen and oxygen atoms in total. The summed E-state index contributed by atoms with van der Waals surface area (Å²) in [5, 5.41) is 7.34. The Hall–Kier alpha value is -6.94. The van der Waals surface area contributed by atoms with Crippen molar-refractivity contribution in [1.82, 2.24) is 0 Å². The first-order valence-electron chi connectivity index (χ1n) is 19.2. The van der Waals surface area contributed by atoms with Crippen LogP contribution in [0.4, 0.5) is 17.1 Å². The normalized spacial score (nSPS) is 14.9. The van der Waals surface area contributed by atoms with Crippen molar-refractivity contribution in [2.24, 2.45) is 0 Å². The Kier molecular flexibility index (Phi) is 6.75. The highest BCUT2D eigenvalue weighted by Crippen LogP contribution is 2.58. The second-order valence-corrected chi connectivity index (χ2v) is 15.8. The van der Waals surface area contributed by atoms with E-state index in [1.165, 1.54) is 64.3 Å². The lowest BCUT2D eigenvalue weighted by molar-refractivity contribution is 0.669. The highest BCUT2D eigenvalue weighted by Gasteiger charge is 2.46. The van der Waals surface area contributed by atoms with Crippen LogP contribution in [0.2, 0.25) is 0 Å². The van der Waals surface area contributed by atoms with Gasteiger partial charge in [-0.25, -0.2) is 0 Å². The minimum absolute atomic E-state index is 0.491. The molecule has 0 aliphatic heterocycles. The summed E-state index contributed by atoms with van der Waals surface area (Å²) in [5.41, 5.74) is 12.5. The van der Waals surface area contributed by atoms with Crippen LogP contribution in [-0.2, 0) is 5.41 Å². The zero-order valence-corrected chi connectivity index (χ0v) is 31.1. The molecule has 0 amide bonds. The van der Waals surface area contributed by atoms with Gasteiger partial charge >= 0.3 is 0 Å². The summed E-state index contributed by atoms with van der Waals surface area (Å²) in [6.07, 6.45) is 0. The van der Waals surface area contributed by atoms with Crippen LogP contribution >= 0.6 is 11.3 Å². The number of fused-ring (bicyclic) bond motifs is 11. The van der Waals surface area contributed by atoms with Gasteiger partial charge in [0.25, 0.3) is 0 Å². The first kappa shape index (κ1) is 31.4. The van der Waals surface area contributed by atoms with Crippen LogP contribution in [0.1, 0.15) is 22.3 Å². The molecule has 262 valence electrons. The summed E-state index contributed by atoms with van der Waals surface area (Å²) >= 11 is 1.87. The predicted molar refractivity (Wildman–Crippen MR) is 236 cm³/mol. The van der Waals surface area contributed by atoms with E-state index in [-0.39, 0.29) is 0 Å². The number of rotatable bonds is 5. The number of furan rings is 1. The van der Waals surface area contributed by atoms with Gasteiger partial charge < -0.3 is 9.32 Å². The Morgan fingerprint density at radius 3 is 2.05 bits per heavy atom. The Morgan fingerprint density at radius 2 is 1.16 bits per heavy atom. The lowest BCUT2D eigenvalue weighted by Gasteiger charge is -2.34. The summed E-state index contributed by atoms with van der Waals surface area (Å²) in [7, 11) is 0. The molecule has 11 aromatic rings. The van der Waals surface area contributed by atoms with E-state index >= 15 is 0 Å². The van der Waals surface area contributed by atoms with Gasteiger partial charge in [0.2, 0.25) is 0 Å². The van der Waals surface area contributed by atoms with Gasteiger partial charge in [0, 0.05) is 43.7 Å². The first-order valence-corrected chi connectivity index (χ1v) is 20.0. The number of para-hydroxylation sites is 2. The third kappa shape index (κ3) is 4.38. The van der Waals surface area contributed by atoms with Gasteiger partial charge in [-0.15, -0.1) is 11.3 Å². The van der Waals surface area contributed by atoms with Gasteiger partial charge in [-0.1, -0.05) is 146 Å². The van der Waals surface area contributed by atoms with E-state index in [2.05, 4.69) is 193 Å². The first-order chi connectivity index (χ1) is 27.8. The monoisotopic (exact) mass is 731 g/mol. The van der Waals surface area contributed by atoms with E-state index in [1.807, 2.05) is 23.5 Å². The molecular weight excluding hydrogens is 699 g/mol. The highest BCUT2D eigenvalue weighted by atomic mass is 32.1. The predicted octanol–water partition coefficient (Wildman–Crippen LogP) is 14.9. The molecule has 0 saturated heterocycles. The third-order valence-corrected chi connectivity index (χ3v) is 13.1. The van der Waals surface area contributed by atoms with Crippen LogP contribution in [0.25, 0.3) is 64.0 Å². The minimum Gasteiger partial charge on any atom is -0.456 e. The zero-order valence-electron chi connectivity index (χ0n) is 30.3. The molecule has 56 heavy (non-hydrogen) atoms. The van der Waals surface area contributed by atoms with Crippen LogP contribution in [-0.4, -0.2) is 0 Å². The molecule has 0 radical (unpaired) electrons. The molecule has 0 spiro atoms. The number of thiophene rings is 1. The summed E-state index contributed by atoms with van der Waals surface area (Å²) in [6.45, 7) is 0. The molecule has 0 bridgehead atoms. The summed E-state index contributed by atoms with van der Waals surface area (Å²) < 4.78 is 8.93. The van der Waals surface area contributed by atoms with Crippen molar-refractivity contribution in [3.05, 3.63) is 222 Å². The molecule has 1 atom stereocenters. The summed E-state index contributed by atoms with van der Waals surface area (Å²) in [5.74, 6) is 0. The lowest BCUT2D eigenvalue weighted by atomic mass is 9.67. The number of hydrogen-bond acceptors (Lipinski definition) is 3. The fourth-order valence-corrected chi connectivity index (χ4v) is 10.8. The van der Waals surface area contributed by atoms with E-state index in [9.17, 15) is 0 Å². The Balaban J connectivity index is 1.10. The molecular formula is C53H33NOS. The fraction of sp³-hybridized carbons (Fsp3) is 0.0189. The second kappa shape index (κ2) is 12.0. The van der Waals surface area contributed by atoms with Crippen molar-refractivity contribution in [3.8, 4) is 11.1 Å². The van der Waals surface area contributed by atoms with E-state index in [0.717, 1.165) is 39.0 Å². The Morgan fingerprint density at radius 1 is 0.429 bits per heavy atom. The Labute approximate surface area is 328 Å². The van der Waals surface area contributed by atoms with Crippen LogP contribution < -0.4 is 4.90 Å². The maximum Gasteiger partial charge on any atom is 0.137 e. The molecule has 2 heterocycles. The molecule has 1 unspecified atom stereocenters. The van der Waals surface area contributed by atoms with Crippen LogP contribution in [0.3, 0.4) is 0 Å². The van der Waals surface area contributed by atoms with Crippen molar-refractivity contribution < 1.29 is 4.42 Å². The van der Waals surface area contributed by atoms with Crippen molar-refractivity contribution in [2.45, 2.75) is 5.41 Å². The largest absolute Gasteiger partial charge is 0.456 e.